The highest BCUT2D eigenvalue weighted by molar-refractivity contribution is 7.89. The molecule has 0 spiro atoms. The summed E-state index contributed by atoms with van der Waals surface area (Å²) in [5.41, 5.74) is 0.708. The molecule has 0 unspecified atom stereocenters. The van der Waals surface area contributed by atoms with Crippen LogP contribution >= 0.6 is 0 Å². The van der Waals surface area contributed by atoms with E-state index in [-0.39, 0.29) is 12.1 Å². The molecule has 1 aromatic carbocycles. The summed E-state index contributed by atoms with van der Waals surface area (Å²) >= 11 is 0. The van der Waals surface area contributed by atoms with Crippen LogP contribution in [0.25, 0.3) is 0 Å². The van der Waals surface area contributed by atoms with Gasteiger partial charge in [-0.25, -0.2) is 8.42 Å². The first-order chi connectivity index (χ1) is 10.9. The fraction of sp³-hybridized carbons (Fsp3) is 0.625. The Morgan fingerprint density at radius 2 is 2.13 bits per heavy atom. The lowest BCUT2D eigenvalue weighted by atomic mass is 10.1. The Hall–Kier alpha value is -1.15. The molecule has 0 bridgehead atoms. The number of hydrogen-bond donors (Lipinski definition) is 0. The first kappa shape index (κ1) is 16.7. The molecule has 6 nitrogen and oxygen atoms in total. The summed E-state index contributed by atoms with van der Waals surface area (Å²) in [5.74, 6) is 0.696. The van der Waals surface area contributed by atoms with Gasteiger partial charge < -0.3 is 9.47 Å². The van der Waals surface area contributed by atoms with Crippen LogP contribution in [-0.2, 0) is 14.8 Å². The molecular weight excluding hydrogens is 316 g/mol. The number of sulfonamides is 1. The van der Waals surface area contributed by atoms with Gasteiger partial charge in [0.1, 0.15) is 5.75 Å². The summed E-state index contributed by atoms with van der Waals surface area (Å²) in [5, 5.41) is 0. The predicted octanol–water partition coefficient (Wildman–Crippen LogP) is 1.10. The van der Waals surface area contributed by atoms with Gasteiger partial charge in [-0.2, -0.15) is 4.31 Å². The maximum absolute atomic E-state index is 13.0. The van der Waals surface area contributed by atoms with Crippen molar-refractivity contribution in [3.63, 3.8) is 0 Å². The second-order valence-corrected chi connectivity index (χ2v) is 8.05. The maximum Gasteiger partial charge on any atom is 0.243 e. The van der Waals surface area contributed by atoms with Gasteiger partial charge in [-0.15, -0.1) is 0 Å². The lowest BCUT2D eigenvalue weighted by Gasteiger charge is -2.33. The third-order valence-corrected chi connectivity index (χ3v) is 6.61. The van der Waals surface area contributed by atoms with E-state index in [0.717, 1.165) is 6.54 Å². The Morgan fingerprint density at radius 3 is 2.78 bits per heavy atom. The van der Waals surface area contributed by atoms with Gasteiger partial charge in [0.2, 0.25) is 10.0 Å². The number of aryl methyl sites for hydroxylation is 1. The minimum atomic E-state index is -3.51. The number of nitrogens with zero attached hydrogens (tertiary/aromatic N) is 2. The van der Waals surface area contributed by atoms with Crippen molar-refractivity contribution in [3.05, 3.63) is 23.8 Å². The third-order valence-electron chi connectivity index (χ3n) is 4.62. The van der Waals surface area contributed by atoms with Gasteiger partial charge in [0, 0.05) is 19.6 Å². The van der Waals surface area contributed by atoms with E-state index in [9.17, 15) is 8.42 Å². The van der Waals surface area contributed by atoms with Crippen molar-refractivity contribution in [1.29, 1.82) is 0 Å². The highest BCUT2D eigenvalue weighted by Crippen LogP contribution is 2.29. The van der Waals surface area contributed by atoms with Crippen LogP contribution < -0.4 is 4.74 Å². The largest absolute Gasteiger partial charge is 0.494 e. The number of morpholine rings is 1. The molecule has 2 atom stereocenters. The molecule has 7 heteroatoms. The Labute approximate surface area is 138 Å². The van der Waals surface area contributed by atoms with Crippen LogP contribution in [0.2, 0.25) is 0 Å². The summed E-state index contributed by atoms with van der Waals surface area (Å²) in [7, 11) is -1.49. The normalized spacial score (nSPS) is 26.2. The molecule has 2 saturated heterocycles. The topological polar surface area (TPSA) is 59.1 Å². The van der Waals surface area contributed by atoms with Crippen molar-refractivity contribution in [2.24, 2.45) is 0 Å². The molecule has 23 heavy (non-hydrogen) atoms. The van der Waals surface area contributed by atoms with Crippen LogP contribution in [-0.4, -0.2) is 69.7 Å². The van der Waals surface area contributed by atoms with E-state index in [2.05, 4.69) is 4.90 Å². The van der Waals surface area contributed by atoms with E-state index in [1.54, 1.807) is 29.4 Å². The van der Waals surface area contributed by atoms with Crippen LogP contribution in [0.15, 0.2) is 23.1 Å². The molecule has 0 aromatic heterocycles. The van der Waals surface area contributed by atoms with Gasteiger partial charge in [-0.1, -0.05) is 0 Å². The Bertz CT molecular complexity index is 677. The second-order valence-electron chi connectivity index (χ2n) is 6.14. The van der Waals surface area contributed by atoms with Crippen LogP contribution in [0.1, 0.15) is 12.5 Å². The van der Waals surface area contributed by atoms with Gasteiger partial charge in [-0.05, 0) is 44.7 Å². The summed E-state index contributed by atoms with van der Waals surface area (Å²) < 4.78 is 38.7. The lowest BCUT2D eigenvalue weighted by Crippen LogP contribution is -2.48. The Balaban J connectivity index is 1.85. The molecule has 2 aliphatic rings. The maximum atomic E-state index is 13.0. The number of likely N-dealkylation sites (N-methyl/N-ethyl adjacent to an activating group) is 1. The number of benzene rings is 1. The zero-order valence-corrected chi connectivity index (χ0v) is 14.7. The molecule has 0 radical (unpaired) electrons. The standard InChI is InChI=1S/C16H24N2O4S/c1-4-21-13-5-6-16(12(2)9-13)23(19,20)18-10-14-15(11-18)22-8-7-17(14)3/h5-6,9,14-15H,4,7-8,10-11H2,1-3H3/t14-,15+/m0/s1. The molecule has 0 amide bonds. The minimum Gasteiger partial charge on any atom is -0.494 e. The predicted molar refractivity (Wildman–Crippen MR) is 87.3 cm³/mol. The fourth-order valence-electron chi connectivity index (χ4n) is 3.33. The Morgan fingerprint density at radius 1 is 1.35 bits per heavy atom. The van der Waals surface area contributed by atoms with Crippen LogP contribution in [0, 0.1) is 6.92 Å². The average molecular weight is 340 g/mol. The van der Waals surface area contributed by atoms with Crippen molar-refractivity contribution in [1.82, 2.24) is 9.21 Å². The van der Waals surface area contributed by atoms with E-state index >= 15 is 0 Å². The number of fused-ring (bicyclic) bond motifs is 1. The minimum absolute atomic E-state index is 0.0356. The van der Waals surface area contributed by atoms with E-state index in [1.807, 2.05) is 14.0 Å². The van der Waals surface area contributed by atoms with E-state index in [0.29, 0.717) is 42.5 Å². The summed E-state index contributed by atoms with van der Waals surface area (Å²) in [6.07, 6.45) is -0.0356. The molecule has 2 aliphatic heterocycles. The molecule has 128 valence electrons. The van der Waals surface area contributed by atoms with Gasteiger partial charge in [-0.3, -0.25) is 4.90 Å². The van der Waals surface area contributed by atoms with Crippen molar-refractivity contribution in [2.75, 3.05) is 39.9 Å². The average Bonchev–Trinajstić information content (AvgIpc) is 2.94. The SMILES string of the molecule is CCOc1ccc(S(=O)(=O)N2C[C@H]3OCCN(C)[C@H]3C2)c(C)c1. The first-order valence-electron chi connectivity index (χ1n) is 7.99. The van der Waals surface area contributed by atoms with Crippen LogP contribution in [0.5, 0.6) is 5.75 Å². The third kappa shape index (κ3) is 3.10. The quantitative estimate of drug-likeness (QED) is 0.821. The monoisotopic (exact) mass is 340 g/mol. The smallest absolute Gasteiger partial charge is 0.243 e. The zero-order chi connectivity index (χ0) is 16.6. The highest BCUT2D eigenvalue weighted by Gasteiger charge is 2.43. The fourth-order valence-corrected chi connectivity index (χ4v) is 5.00. The van der Waals surface area contributed by atoms with E-state index in [4.69, 9.17) is 9.47 Å². The molecule has 0 saturated carbocycles. The lowest BCUT2D eigenvalue weighted by molar-refractivity contribution is -0.0366. The number of hydrogen-bond acceptors (Lipinski definition) is 5. The molecular formula is C16H24N2O4S. The molecule has 3 rings (SSSR count). The van der Waals surface area contributed by atoms with Gasteiger partial charge in [0.25, 0.3) is 0 Å². The molecule has 0 N–H and O–H groups in total. The van der Waals surface area contributed by atoms with Crippen LogP contribution in [0.4, 0.5) is 0 Å². The molecule has 0 aliphatic carbocycles. The van der Waals surface area contributed by atoms with Gasteiger partial charge in [0.15, 0.2) is 0 Å². The van der Waals surface area contributed by atoms with E-state index < -0.39 is 10.0 Å². The highest BCUT2D eigenvalue weighted by atomic mass is 32.2. The summed E-state index contributed by atoms with van der Waals surface area (Å²) in [4.78, 5) is 2.54. The Kier molecular flexibility index (Phi) is 4.64. The van der Waals surface area contributed by atoms with Crippen molar-refractivity contribution >= 4 is 10.0 Å². The number of ether oxygens (including phenoxy) is 2. The van der Waals surface area contributed by atoms with Crippen molar-refractivity contribution in [3.8, 4) is 5.75 Å². The van der Waals surface area contributed by atoms with Crippen molar-refractivity contribution < 1.29 is 17.9 Å². The van der Waals surface area contributed by atoms with Gasteiger partial charge in [0.05, 0.1) is 30.3 Å². The first-order valence-corrected chi connectivity index (χ1v) is 9.43. The second kappa shape index (κ2) is 6.39. The van der Waals surface area contributed by atoms with E-state index in [1.165, 1.54) is 0 Å². The van der Waals surface area contributed by atoms with Crippen LogP contribution in [0.3, 0.4) is 0 Å². The summed E-state index contributed by atoms with van der Waals surface area (Å²) in [6, 6.07) is 5.28. The molecule has 1 aromatic rings. The summed E-state index contributed by atoms with van der Waals surface area (Å²) in [6.45, 7) is 6.68. The van der Waals surface area contributed by atoms with Gasteiger partial charge >= 0.3 is 0 Å². The molecule has 2 fully saturated rings. The number of rotatable bonds is 4. The zero-order valence-electron chi connectivity index (χ0n) is 13.9. The molecule has 2 heterocycles. The van der Waals surface area contributed by atoms with Crippen molar-refractivity contribution in [2.45, 2.75) is 30.9 Å².